The Labute approximate surface area is 205 Å². The van der Waals surface area contributed by atoms with E-state index in [0.717, 1.165) is 0 Å². The van der Waals surface area contributed by atoms with Gasteiger partial charge >= 0.3 is 0 Å². The van der Waals surface area contributed by atoms with Crippen LogP contribution >= 0.6 is 0 Å². The topological polar surface area (TPSA) is 161 Å². The highest BCUT2D eigenvalue weighted by molar-refractivity contribution is 6.22. The SMILES string of the molecule is CN(C)c1cc(CCCC(F)F)c(O)c2c1C[C@H]1C[C@H]3CC(=O)C(C(N)=O)=C(O)[C@@]3(O)C(=O)C1=C2O. The number of halogens is 2. The minimum atomic E-state index is -2.63. The van der Waals surface area contributed by atoms with Gasteiger partial charge in [0.2, 0.25) is 12.2 Å². The molecule has 6 N–H and O–H groups in total. The summed E-state index contributed by atoms with van der Waals surface area (Å²) in [6.07, 6.45) is -2.88. The lowest BCUT2D eigenvalue weighted by Gasteiger charge is -2.46. The second-order valence-corrected chi connectivity index (χ2v) is 9.84. The number of benzene rings is 1. The highest BCUT2D eigenvalue weighted by Gasteiger charge is 2.60. The third-order valence-electron chi connectivity index (χ3n) is 7.47. The van der Waals surface area contributed by atoms with Gasteiger partial charge in [0.05, 0.1) is 5.56 Å². The molecular formula is C25H28F2N2O7. The zero-order valence-corrected chi connectivity index (χ0v) is 19.8. The molecule has 0 aromatic heterocycles. The van der Waals surface area contributed by atoms with Gasteiger partial charge in [0.1, 0.15) is 22.8 Å². The summed E-state index contributed by atoms with van der Waals surface area (Å²) in [7, 11) is 3.48. The Kier molecular flexibility index (Phi) is 6.32. The maximum absolute atomic E-state index is 13.6. The Morgan fingerprint density at radius 3 is 2.47 bits per heavy atom. The number of aliphatic hydroxyl groups excluding tert-OH is 2. The molecule has 36 heavy (non-hydrogen) atoms. The van der Waals surface area contributed by atoms with Gasteiger partial charge in [-0.25, -0.2) is 8.78 Å². The second kappa shape index (κ2) is 8.88. The van der Waals surface area contributed by atoms with Crippen molar-refractivity contribution in [3.05, 3.63) is 39.7 Å². The van der Waals surface area contributed by atoms with Crippen molar-refractivity contribution in [3.8, 4) is 5.75 Å². The van der Waals surface area contributed by atoms with E-state index in [0.29, 0.717) is 16.8 Å². The number of ketones is 2. The Morgan fingerprint density at radius 2 is 1.89 bits per heavy atom. The lowest BCUT2D eigenvalue weighted by molar-refractivity contribution is -0.147. The maximum Gasteiger partial charge on any atom is 0.255 e. The highest BCUT2D eigenvalue weighted by Crippen LogP contribution is 2.53. The number of nitrogens with zero attached hydrogens (tertiary/aromatic N) is 1. The third-order valence-corrected chi connectivity index (χ3v) is 7.47. The van der Waals surface area contributed by atoms with Crippen molar-refractivity contribution in [2.24, 2.45) is 17.6 Å². The zero-order chi connectivity index (χ0) is 26.7. The van der Waals surface area contributed by atoms with Crippen molar-refractivity contribution in [2.75, 3.05) is 19.0 Å². The molecule has 3 aliphatic rings. The first-order valence-corrected chi connectivity index (χ1v) is 11.6. The molecule has 1 aromatic rings. The van der Waals surface area contributed by atoms with Gasteiger partial charge in [-0.05, 0) is 48.8 Å². The van der Waals surface area contributed by atoms with E-state index in [2.05, 4.69) is 0 Å². The van der Waals surface area contributed by atoms with Crippen molar-refractivity contribution in [1.82, 2.24) is 0 Å². The van der Waals surface area contributed by atoms with Crippen LogP contribution in [0.25, 0.3) is 5.76 Å². The number of primary amides is 1. The molecule has 0 radical (unpaired) electrons. The van der Waals surface area contributed by atoms with E-state index in [1.807, 2.05) is 0 Å². The van der Waals surface area contributed by atoms with Crippen LogP contribution in [0.4, 0.5) is 14.5 Å². The number of hydrogen-bond acceptors (Lipinski definition) is 8. The van der Waals surface area contributed by atoms with E-state index in [1.165, 1.54) is 0 Å². The number of Topliss-reactive ketones (excluding diaryl/α,β-unsaturated/α-hetero) is 2. The first-order valence-electron chi connectivity index (χ1n) is 11.6. The predicted octanol–water partition coefficient (Wildman–Crippen LogP) is 2.08. The number of hydrogen-bond donors (Lipinski definition) is 5. The minimum Gasteiger partial charge on any atom is -0.508 e. The molecule has 0 spiro atoms. The fraction of sp³-hybridized carbons (Fsp3) is 0.480. The van der Waals surface area contributed by atoms with Crippen LogP contribution in [0.5, 0.6) is 5.75 Å². The molecule has 11 heteroatoms. The molecule has 0 saturated heterocycles. The molecule has 194 valence electrons. The third kappa shape index (κ3) is 3.73. The van der Waals surface area contributed by atoms with Crippen LogP contribution in [0.15, 0.2) is 23.0 Å². The van der Waals surface area contributed by atoms with E-state index in [-0.39, 0.29) is 49.0 Å². The van der Waals surface area contributed by atoms with Gasteiger partial charge < -0.3 is 31.1 Å². The van der Waals surface area contributed by atoms with Gasteiger partial charge in [0.25, 0.3) is 5.91 Å². The number of aromatic hydroxyl groups is 1. The number of aryl methyl sites for hydroxylation is 1. The molecule has 1 saturated carbocycles. The van der Waals surface area contributed by atoms with E-state index >= 15 is 0 Å². The van der Waals surface area contributed by atoms with Gasteiger partial charge in [0.15, 0.2) is 11.4 Å². The summed E-state index contributed by atoms with van der Waals surface area (Å²) in [5.74, 6) is -6.92. The van der Waals surface area contributed by atoms with Crippen molar-refractivity contribution in [3.63, 3.8) is 0 Å². The minimum absolute atomic E-state index is 0.0344. The van der Waals surface area contributed by atoms with Crippen molar-refractivity contribution < 1.29 is 43.6 Å². The number of phenols is 1. The van der Waals surface area contributed by atoms with Gasteiger partial charge in [-0.1, -0.05) is 0 Å². The fourth-order valence-corrected chi connectivity index (χ4v) is 5.76. The number of phenolic OH excluding ortho intramolecular Hbond substituents is 1. The molecule has 0 heterocycles. The number of anilines is 1. The van der Waals surface area contributed by atoms with E-state index in [9.17, 15) is 43.6 Å². The van der Waals surface area contributed by atoms with Gasteiger partial charge in [-0.2, -0.15) is 0 Å². The van der Waals surface area contributed by atoms with Crippen LogP contribution in [0, 0.1) is 11.8 Å². The number of carbonyl (C=O) groups excluding carboxylic acids is 3. The Hall–Kier alpha value is -3.47. The standard InChI is InChI=1S/C25H28F2N2O7/c1-29(2)14-8-10(4-3-5-16(26)27)20(31)18-13(14)7-11-6-12-9-15(30)19(24(28)35)23(34)25(12,36)22(33)17(11)21(18)32/h8,11-12,16,31-32,34,36H,3-7,9H2,1-2H3,(H2,28,35)/t11-,12+,25+/m1/s1. The average Bonchev–Trinajstić information content (AvgIpc) is 2.77. The summed E-state index contributed by atoms with van der Waals surface area (Å²) < 4.78 is 25.3. The Bertz CT molecular complexity index is 1240. The quantitative estimate of drug-likeness (QED) is 0.367. The number of carbonyl (C=O) groups is 3. The monoisotopic (exact) mass is 506 g/mol. The smallest absolute Gasteiger partial charge is 0.255 e. The number of nitrogens with two attached hydrogens (primary N) is 1. The van der Waals surface area contributed by atoms with Crippen LogP contribution in [-0.4, -0.2) is 64.0 Å². The number of amides is 1. The number of fused-ring (bicyclic) bond motifs is 3. The van der Waals surface area contributed by atoms with Crippen molar-refractivity contribution in [2.45, 2.75) is 50.6 Å². The van der Waals surface area contributed by atoms with E-state index < -0.39 is 64.8 Å². The number of aliphatic hydroxyl groups is 3. The van der Waals surface area contributed by atoms with Crippen LogP contribution in [-0.2, 0) is 27.2 Å². The van der Waals surface area contributed by atoms with Gasteiger partial charge in [0, 0.05) is 44.1 Å². The maximum atomic E-state index is 13.6. The largest absolute Gasteiger partial charge is 0.508 e. The second-order valence-electron chi connectivity index (χ2n) is 9.84. The van der Waals surface area contributed by atoms with Crippen LogP contribution < -0.4 is 10.6 Å². The van der Waals surface area contributed by atoms with Crippen LogP contribution in [0.3, 0.4) is 0 Å². The summed E-state index contributed by atoms with van der Waals surface area (Å²) in [6, 6.07) is 1.66. The highest BCUT2D eigenvalue weighted by atomic mass is 19.3. The number of alkyl halides is 2. The normalized spacial score (nSPS) is 25.6. The summed E-state index contributed by atoms with van der Waals surface area (Å²) in [4.78, 5) is 39.5. The molecule has 0 unspecified atom stereocenters. The van der Waals surface area contributed by atoms with Crippen LogP contribution in [0.2, 0.25) is 0 Å². The van der Waals surface area contributed by atoms with Gasteiger partial charge in [-0.15, -0.1) is 0 Å². The van der Waals surface area contributed by atoms with Gasteiger partial charge in [-0.3, -0.25) is 14.4 Å². The number of rotatable bonds is 6. The Balaban J connectivity index is 1.88. The molecule has 0 bridgehead atoms. The van der Waals surface area contributed by atoms with Crippen LogP contribution in [0.1, 0.15) is 42.4 Å². The molecule has 1 aromatic carbocycles. The molecule has 3 aliphatic carbocycles. The lowest BCUT2D eigenvalue weighted by Crippen LogP contribution is -2.58. The molecule has 9 nitrogen and oxygen atoms in total. The van der Waals surface area contributed by atoms with Crippen molar-refractivity contribution in [1.29, 1.82) is 0 Å². The summed E-state index contributed by atoms with van der Waals surface area (Å²) >= 11 is 0. The van der Waals surface area contributed by atoms with E-state index in [4.69, 9.17) is 5.73 Å². The summed E-state index contributed by atoms with van der Waals surface area (Å²) in [5.41, 5.74) is 2.88. The summed E-state index contributed by atoms with van der Waals surface area (Å²) in [6.45, 7) is 0. The first kappa shape index (κ1) is 25.6. The van der Waals surface area contributed by atoms with E-state index in [1.54, 1.807) is 25.1 Å². The first-order chi connectivity index (χ1) is 16.8. The summed E-state index contributed by atoms with van der Waals surface area (Å²) in [5, 5.41) is 44.2. The van der Waals surface area contributed by atoms with Crippen molar-refractivity contribution >= 4 is 28.9 Å². The lowest BCUT2D eigenvalue weighted by atomic mass is 9.59. The molecule has 3 atom stereocenters. The Morgan fingerprint density at radius 1 is 1.22 bits per heavy atom. The molecule has 1 fully saturated rings. The molecule has 0 aliphatic heterocycles. The molecular weight excluding hydrogens is 478 g/mol. The predicted molar refractivity (Wildman–Crippen MR) is 125 cm³/mol. The molecule has 4 rings (SSSR count). The average molecular weight is 507 g/mol. The molecule has 1 amide bonds. The fourth-order valence-electron chi connectivity index (χ4n) is 5.76. The zero-order valence-electron chi connectivity index (χ0n) is 19.8.